The van der Waals surface area contributed by atoms with E-state index in [-0.39, 0.29) is 5.91 Å². The standard InChI is InChI=1S/C17H19N3O4/c1-19-8-7-18-15(19)14-13(17(22)23)11-5-3-4-6-12(11)16(21)20(14)9-10-24-2/h3-8,13-14H,9-10H2,1-2H3,(H,22,23). The Morgan fingerprint density at radius 1 is 1.38 bits per heavy atom. The van der Waals surface area contributed by atoms with Crippen LogP contribution < -0.4 is 0 Å². The van der Waals surface area contributed by atoms with E-state index in [1.807, 2.05) is 0 Å². The summed E-state index contributed by atoms with van der Waals surface area (Å²) in [5.41, 5.74) is 0.947. The number of carboxylic acid groups (broad SMARTS) is 1. The molecule has 1 N–H and O–H groups in total. The summed E-state index contributed by atoms with van der Waals surface area (Å²) in [5.74, 6) is -1.52. The SMILES string of the molecule is COCCN1C(=O)c2ccccc2C(C(=O)O)C1c1nccn1C. The molecule has 1 aromatic carbocycles. The molecule has 1 aliphatic heterocycles. The first-order chi connectivity index (χ1) is 11.6. The van der Waals surface area contributed by atoms with Crippen LogP contribution in [0.25, 0.3) is 0 Å². The zero-order valence-corrected chi connectivity index (χ0v) is 13.5. The summed E-state index contributed by atoms with van der Waals surface area (Å²) >= 11 is 0. The van der Waals surface area contributed by atoms with Gasteiger partial charge in [-0.2, -0.15) is 0 Å². The number of fused-ring (bicyclic) bond motifs is 1. The smallest absolute Gasteiger partial charge is 0.313 e. The van der Waals surface area contributed by atoms with Gasteiger partial charge >= 0.3 is 5.97 Å². The van der Waals surface area contributed by atoms with Crippen molar-refractivity contribution in [3.63, 3.8) is 0 Å². The number of carboxylic acids is 1. The number of amides is 1. The second kappa shape index (κ2) is 6.45. The van der Waals surface area contributed by atoms with Crippen LogP contribution in [0.1, 0.15) is 33.7 Å². The summed E-state index contributed by atoms with van der Waals surface area (Å²) < 4.78 is 6.86. The normalized spacial score (nSPS) is 20.1. The maximum absolute atomic E-state index is 12.9. The molecule has 1 amide bonds. The summed E-state index contributed by atoms with van der Waals surface area (Å²) in [6, 6.07) is 6.19. The van der Waals surface area contributed by atoms with Gasteiger partial charge in [0.05, 0.1) is 6.61 Å². The molecule has 0 bridgehead atoms. The van der Waals surface area contributed by atoms with Gasteiger partial charge in [-0.05, 0) is 11.6 Å². The van der Waals surface area contributed by atoms with Crippen LogP contribution in [-0.2, 0) is 16.6 Å². The van der Waals surface area contributed by atoms with Gasteiger partial charge in [0.1, 0.15) is 17.8 Å². The fraction of sp³-hybridized carbons (Fsp3) is 0.353. The van der Waals surface area contributed by atoms with Gasteiger partial charge in [0.25, 0.3) is 5.91 Å². The molecule has 24 heavy (non-hydrogen) atoms. The molecule has 0 aliphatic carbocycles. The van der Waals surface area contributed by atoms with Crippen LogP contribution in [0.3, 0.4) is 0 Å². The number of nitrogens with zero attached hydrogens (tertiary/aromatic N) is 3. The minimum Gasteiger partial charge on any atom is -0.481 e. The minimum absolute atomic E-state index is 0.201. The van der Waals surface area contributed by atoms with Crippen molar-refractivity contribution in [3.8, 4) is 0 Å². The summed E-state index contributed by atoms with van der Waals surface area (Å²) in [6.45, 7) is 0.617. The molecular formula is C17H19N3O4. The van der Waals surface area contributed by atoms with E-state index in [0.717, 1.165) is 0 Å². The van der Waals surface area contributed by atoms with E-state index in [1.165, 1.54) is 0 Å². The van der Waals surface area contributed by atoms with Gasteiger partial charge in [-0.25, -0.2) is 4.98 Å². The lowest BCUT2D eigenvalue weighted by atomic mass is 9.82. The number of aromatic nitrogens is 2. The van der Waals surface area contributed by atoms with Crippen LogP contribution in [0.2, 0.25) is 0 Å². The maximum atomic E-state index is 12.9. The number of hydrogen-bond acceptors (Lipinski definition) is 4. The summed E-state index contributed by atoms with van der Waals surface area (Å²) in [6.07, 6.45) is 3.35. The first-order valence-electron chi connectivity index (χ1n) is 7.65. The van der Waals surface area contributed by atoms with E-state index in [2.05, 4.69) is 4.98 Å². The number of hydrogen-bond donors (Lipinski definition) is 1. The first kappa shape index (κ1) is 16.2. The molecule has 0 saturated heterocycles. The molecule has 7 nitrogen and oxygen atoms in total. The van der Waals surface area contributed by atoms with Crippen LogP contribution in [0.15, 0.2) is 36.7 Å². The quantitative estimate of drug-likeness (QED) is 0.897. The molecule has 0 radical (unpaired) electrons. The highest BCUT2D eigenvalue weighted by atomic mass is 16.5. The molecule has 126 valence electrons. The van der Waals surface area contributed by atoms with Crippen molar-refractivity contribution in [2.45, 2.75) is 12.0 Å². The third-order valence-electron chi connectivity index (χ3n) is 4.36. The Hall–Kier alpha value is -2.67. The second-order valence-corrected chi connectivity index (χ2v) is 5.74. The molecule has 2 heterocycles. The highest BCUT2D eigenvalue weighted by molar-refractivity contribution is 6.00. The molecule has 2 unspecified atom stereocenters. The highest BCUT2D eigenvalue weighted by Gasteiger charge is 2.45. The average Bonchev–Trinajstić information content (AvgIpc) is 2.99. The molecule has 1 aliphatic rings. The third-order valence-corrected chi connectivity index (χ3v) is 4.36. The Balaban J connectivity index is 2.18. The van der Waals surface area contributed by atoms with Gasteiger partial charge in [0.15, 0.2) is 0 Å². The lowest BCUT2D eigenvalue weighted by Crippen LogP contribution is -2.47. The molecule has 1 aromatic heterocycles. The molecular weight excluding hydrogens is 310 g/mol. The van der Waals surface area contributed by atoms with E-state index < -0.39 is 17.9 Å². The topological polar surface area (TPSA) is 84.7 Å². The van der Waals surface area contributed by atoms with Gasteiger partial charge < -0.3 is 19.3 Å². The molecule has 0 spiro atoms. The van der Waals surface area contributed by atoms with Crippen LogP contribution >= 0.6 is 0 Å². The number of imidazole rings is 1. The number of aliphatic carboxylic acids is 1. The van der Waals surface area contributed by atoms with E-state index in [9.17, 15) is 14.7 Å². The van der Waals surface area contributed by atoms with Crippen LogP contribution in [-0.4, -0.2) is 51.7 Å². The zero-order chi connectivity index (χ0) is 17.3. The van der Waals surface area contributed by atoms with Gasteiger partial charge in [-0.1, -0.05) is 18.2 Å². The van der Waals surface area contributed by atoms with Crippen molar-refractivity contribution >= 4 is 11.9 Å². The van der Waals surface area contributed by atoms with Crippen molar-refractivity contribution in [1.29, 1.82) is 0 Å². The number of methoxy groups -OCH3 is 1. The number of ether oxygens (including phenoxy) is 1. The molecule has 2 aromatic rings. The molecule has 0 saturated carbocycles. The summed E-state index contributed by atoms with van der Waals surface area (Å²) in [7, 11) is 3.34. The van der Waals surface area contributed by atoms with Gasteiger partial charge in [0, 0.05) is 38.7 Å². The van der Waals surface area contributed by atoms with Gasteiger partial charge in [0.2, 0.25) is 0 Å². The van der Waals surface area contributed by atoms with Gasteiger partial charge in [-0.3, -0.25) is 9.59 Å². The molecule has 3 rings (SSSR count). The van der Waals surface area contributed by atoms with Crippen LogP contribution in [0.5, 0.6) is 0 Å². The van der Waals surface area contributed by atoms with Crippen molar-refractivity contribution in [3.05, 3.63) is 53.6 Å². The minimum atomic E-state index is -0.981. The van der Waals surface area contributed by atoms with Crippen molar-refractivity contribution in [2.24, 2.45) is 7.05 Å². The Morgan fingerprint density at radius 3 is 2.75 bits per heavy atom. The number of carbonyl (C=O) groups excluding carboxylic acids is 1. The predicted octanol–water partition coefficient (Wildman–Crippen LogP) is 1.43. The Kier molecular flexibility index (Phi) is 4.35. The van der Waals surface area contributed by atoms with E-state index in [4.69, 9.17) is 4.74 Å². The van der Waals surface area contributed by atoms with Crippen molar-refractivity contribution in [1.82, 2.24) is 14.5 Å². The predicted molar refractivity (Wildman–Crippen MR) is 85.7 cm³/mol. The third kappa shape index (κ3) is 2.56. The van der Waals surface area contributed by atoms with Gasteiger partial charge in [-0.15, -0.1) is 0 Å². The fourth-order valence-electron chi connectivity index (χ4n) is 3.24. The molecule has 2 atom stereocenters. The van der Waals surface area contributed by atoms with Crippen LogP contribution in [0.4, 0.5) is 0 Å². The Labute approximate surface area is 139 Å². The van der Waals surface area contributed by atoms with Crippen LogP contribution in [0, 0.1) is 0 Å². The van der Waals surface area contributed by atoms with E-state index in [1.54, 1.807) is 60.3 Å². The molecule has 0 fully saturated rings. The Bertz CT molecular complexity index is 771. The number of carbonyl (C=O) groups is 2. The van der Waals surface area contributed by atoms with E-state index in [0.29, 0.717) is 30.1 Å². The average molecular weight is 329 g/mol. The lowest BCUT2D eigenvalue weighted by molar-refractivity contribution is -0.140. The fourth-order valence-corrected chi connectivity index (χ4v) is 3.24. The molecule has 7 heteroatoms. The van der Waals surface area contributed by atoms with E-state index >= 15 is 0 Å². The monoisotopic (exact) mass is 329 g/mol. The second-order valence-electron chi connectivity index (χ2n) is 5.74. The maximum Gasteiger partial charge on any atom is 0.313 e. The summed E-state index contributed by atoms with van der Waals surface area (Å²) in [5, 5.41) is 9.87. The number of aryl methyl sites for hydroxylation is 1. The highest BCUT2D eigenvalue weighted by Crippen LogP contribution is 2.41. The Morgan fingerprint density at radius 2 is 2.12 bits per heavy atom. The zero-order valence-electron chi connectivity index (χ0n) is 13.5. The summed E-state index contributed by atoms with van der Waals surface area (Å²) in [4.78, 5) is 30.9. The van der Waals surface area contributed by atoms with Crippen molar-refractivity contribution in [2.75, 3.05) is 20.3 Å². The first-order valence-corrected chi connectivity index (χ1v) is 7.65. The van der Waals surface area contributed by atoms with Crippen molar-refractivity contribution < 1.29 is 19.4 Å². The number of benzene rings is 1. The number of rotatable bonds is 5. The largest absolute Gasteiger partial charge is 0.481 e. The lowest BCUT2D eigenvalue weighted by Gasteiger charge is -2.39.